The van der Waals surface area contributed by atoms with Gasteiger partial charge in [0.15, 0.2) is 0 Å². The van der Waals surface area contributed by atoms with Gasteiger partial charge in [-0.3, -0.25) is 0 Å². The number of hydrogen-bond acceptors (Lipinski definition) is 4. The van der Waals surface area contributed by atoms with E-state index in [0.717, 1.165) is 12.1 Å². The van der Waals surface area contributed by atoms with Gasteiger partial charge >= 0.3 is 6.18 Å². The molecule has 12 heteroatoms. The molecule has 0 bridgehead atoms. The van der Waals surface area contributed by atoms with Crippen LogP contribution in [-0.4, -0.2) is 57.4 Å². The van der Waals surface area contributed by atoms with E-state index in [0.29, 0.717) is 11.8 Å². The van der Waals surface area contributed by atoms with Crippen molar-refractivity contribution in [2.75, 3.05) is 42.5 Å². The molecular formula is C23H25F6N3O2S. The largest absolute Gasteiger partial charge is 0.418 e. The number of halogens is 6. The van der Waals surface area contributed by atoms with E-state index in [4.69, 9.17) is 0 Å². The third kappa shape index (κ3) is 5.37. The Morgan fingerprint density at radius 3 is 2.26 bits per heavy atom. The predicted octanol–water partition coefficient (Wildman–Crippen LogP) is 4.98. The summed E-state index contributed by atoms with van der Waals surface area (Å²) in [6.07, 6.45) is -5.39. The molecule has 0 amide bonds. The Morgan fingerprint density at radius 1 is 0.943 bits per heavy atom. The molecule has 0 unspecified atom stereocenters. The molecular weight excluding hydrogens is 496 g/mol. The van der Waals surface area contributed by atoms with E-state index in [-0.39, 0.29) is 56.1 Å². The molecule has 2 aromatic rings. The molecule has 2 aliphatic heterocycles. The van der Waals surface area contributed by atoms with E-state index in [2.05, 4.69) is 0 Å². The topological polar surface area (TPSA) is 43.9 Å². The lowest BCUT2D eigenvalue weighted by Crippen LogP contribution is -2.54. The molecule has 0 spiro atoms. The van der Waals surface area contributed by atoms with Crippen LogP contribution in [0.25, 0.3) is 0 Å². The molecule has 0 saturated carbocycles. The average molecular weight is 522 g/mol. The van der Waals surface area contributed by atoms with E-state index in [1.54, 1.807) is 24.0 Å². The summed E-state index contributed by atoms with van der Waals surface area (Å²) in [6, 6.07) is 7.84. The Hall–Kier alpha value is -2.47. The lowest BCUT2D eigenvalue weighted by Gasteiger charge is -2.41. The van der Waals surface area contributed by atoms with E-state index in [1.807, 2.05) is 0 Å². The maximum Gasteiger partial charge on any atom is 0.418 e. The fourth-order valence-electron chi connectivity index (χ4n) is 4.60. The minimum atomic E-state index is -4.76. The third-order valence-corrected chi connectivity index (χ3v) is 8.47. The highest BCUT2D eigenvalue weighted by Crippen LogP contribution is 2.38. The second kappa shape index (κ2) is 9.20. The minimum absolute atomic E-state index is 0.00889. The van der Waals surface area contributed by atoms with E-state index in [9.17, 15) is 34.8 Å². The number of alkyl halides is 5. The second-order valence-electron chi connectivity index (χ2n) is 8.91. The van der Waals surface area contributed by atoms with Crippen LogP contribution in [0.3, 0.4) is 0 Å². The molecule has 0 aromatic heterocycles. The van der Waals surface area contributed by atoms with Crippen molar-refractivity contribution in [3.63, 3.8) is 0 Å². The lowest BCUT2D eigenvalue weighted by atomic mass is 10.1. The fraction of sp³-hybridized carbons (Fsp3) is 0.478. The average Bonchev–Trinajstić information content (AvgIpc) is 2.78. The number of sulfonamides is 1. The zero-order valence-electron chi connectivity index (χ0n) is 18.9. The van der Waals surface area contributed by atoms with Crippen LogP contribution in [0.4, 0.5) is 37.7 Å². The van der Waals surface area contributed by atoms with Crippen molar-refractivity contribution in [1.29, 1.82) is 0 Å². The molecule has 4 rings (SSSR count). The van der Waals surface area contributed by atoms with Crippen LogP contribution in [0.2, 0.25) is 0 Å². The van der Waals surface area contributed by atoms with Crippen LogP contribution < -0.4 is 9.80 Å². The molecule has 1 atom stereocenters. The molecule has 2 saturated heterocycles. The molecule has 5 nitrogen and oxygen atoms in total. The van der Waals surface area contributed by atoms with Crippen molar-refractivity contribution >= 4 is 21.4 Å². The highest BCUT2D eigenvalue weighted by atomic mass is 32.2. The Labute approximate surface area is 200 Å². The quantitative estimate of drug-likeness (QED) is 0.533. The van der Waals surface area contributed by atoms with Crippen LogP contribution in [0.5, 0.6) is 0 Å². The van der Waals surface area contributed by atoms with E-state index in [1.165, 1.54) is 21.3 Å². The fourth-order valence-corrected chi connectivity index (χ4v) is 6.25. The summed E-state index contributed by atoms with van der Waals surface area (Å²) in [5.41, 5.74) is -0.790. The lowest BCUT2D eigenvalue weighted by molar-refractivity contribution is -0.137. The number of rotatable bonds is 4. The molecule has 2 aromatic carbocycles. The highest BCUT2D eigenvalue weighted by Gasteiger charge is 2.39. The van der Waals surface area contributed by atoms with Crippen molar-refractivity contribution in [1.82, 2.24) is 4.31 Å². The SMILES string of the molecule is C[C@@H]1CN(c2ccc(F)cc2C(F)(F)F)CCN1S(=O)(=O)c1cccc(N2CCC(F)(F)CC2)c1. The summed E-state index contributed by atoms with van der Waals surface area (Å²) >= 11 is 0. The molecule has 0 aliphatic carbocycles. The highest BCUT2D eigenvalue weighted by molar-refractivity contribution is 7.89. The van der Waals surface area contributed by atoms with Crippen LogP contribution in [0.1, 0.15) is 25.3 Å². The zero-order chi connectivity index (χ0) is 25.6. The van der Waals surface area contributed by atoms with Gasteiger partial charge in [-0.25, -0.2) is 21.6 Å². The van der Waals surface area contributed by atoms with Gasteiger partial charge in [0.1, 0.15) is 5.82 Å². The molecule has 2 aliphatic rings. The van der Waals surface area contributed by atoms with Gasteiger partial charge in [0, 0.05) is 63.0 Å². The maximum atomic E-state index is 13.5. The van der Waals surface area contributed by atoms with Gasteiger partial charge in [0.05, 0.1) is 10.5 Å². The first-order valence-electron chi connectivity index (χ1n) is 11.1. The number of piperidine rings is 1. The molecule has 192 valence electrons. The van der Waals surface area contributed by atoms with E-state index < -0.39 is 39.5 Å². The van der Waals surface area contributed by atoms with Gasteiger partial charge in [-0.15, -0.1) is 0 Å². The summed E-state index contributed by atoms with van der Waals surface area (Å²) in [5.74, 6) is -3.74. The first-order chi connectivity index (χ1) is 16.3. The van der Waals surface area contributed by atoms with Crippen LogP contribution in [0, 0.1) is 5.82 Å². The monoisotopic (exact) mass is 521 g/mol. The van der Waals surface area contributed by atoms with Gasteiger partial charge in [0.2, 0.25) is 10.0 Å². The predicted molar refractivity (Wildman–Crippen MR) is 120 cm³/mol. The molecule has 0 N–H and O–H groups in total. The van der Waals surface area contributed by atoms with Crippen molar-refractivity contribution in [2.24, 2.45) is 0 Å². The number of benzene rings is 2. The summed E-state index contributed by atoms with van der Waals surface area (Å²) in [7, 11) is -4.00. The van der Waals surface area contributed by atoms with Crippen LogP contribution in [-0.2, 0) is 16.2 Å². The molecule has 35 heavy (non-hydrogen) atoms. The molecule has 2 heterocycles. The standard InChI is InChI=1S/C23H25F6N3O2S/c1-16-15-31(21-6-5-17(24)13-20(21)23(27,28)29)11-12-32(16)35(33,34)19-4-2-3-18(14-19)30-9-7-22(25,26)8-10-30/h2-6,13-14,16H,7-12,15H2,1H3/t16-/m1/s1. The zero-order valence-corrected chi connectivity index (χ0v) is 19.7. The van der Waals surface area contributed by atoms with Gasteiger partial charge < -0.3 is 9.80 Å². The van der Waals surface area contributed by atoms with Crippen LogP contribution in [0.15, 0.2) is 47.4 Å². The van der Waals surface area contributed by atoms with Crippen LogP contribution >= 0.6 is 0 Å². The Morgan fingerprint density at radius 2 is 1.63 bits per heavy atom. The summed E-state index contributed by atoms with van der Waals surface area (Å²) < 4.78 is 109. The van der Waals surface area contributed by atoms with Crippen molar-refractivity contribution in [2.45, 2.75) is 42.8 Å². The second-order valence-corrected chi connectivity index (χ2v) is 10.8. The third-order valence-electron chi connectivity index (χ3n) is 6.46. The summed E-state index contributed by atoms with van der Waals surface area (Å²) in [6.45, 7) is 1.69. The van der Waals surface area contributed by atoms with Gasteiger partial charge in [-0.05, 0) is 43.3 Å². The normalized spacial score (nSPS) is 21.9. The van der Waals surface area contributed by atoms with Crippen molar-refractivity contribution in [3.8, 4) is 0 Å². The van der Waals surface area contributed by atoms with Crippen molar-refractivity contribution in [3.05, 3.63) is 53.8 Å². The Kier molecular flexibility index (Phi) is 6.73. The number of piperazine rings is 1. The number of anilines is 2. The summed E-state index contributed by atoms with van der Waals surface area (Å²) in [4.78, 5) is 3.11. The first kappa shape index (κ1) is 25.6. The Bertz CT molecular complexity index is 1180. The van der Waals surface area contributed by atoms with Gasteiger partial charge in [0.25, 0.3) is 5.92 Å². The van der Waals surface area contributed by atoms with Gasteiger partial charge in [-0.2, -0.15) is 17.5 Å². The first-order valence-corrected chi connectivity index (χ1v) is 12.6. The number of hydrogen-bond donors (Lipinski definition) is 0. The molecule has 2 fully saturated rings. The summed E-state index contributed by atoms with van der Waals surface area (Å²) in [5, 5.41) is 0. The smallest absolute Gasteiger partial charge is 0.371 e. The van der Waals surface area contributed by atoms with E-state index >= 15 is 0 Å². The molecule has 0 radical (unpaired) electrons. The minimum Gasteiger partial charge on any atom is -0.371 e. The maximum absolute atomic E-state index is 13.5. The number of nitrogens with zero attached hydrogens (tertiary/aromatic N) is 3. The van der Waals surface area contributed by atoms with Gasteiger partial charge in [-0.1, -0.05) is 6.07 Å². The Balaban J connectivity index is 1.53. The van der Waals surface area contributed by atoms with Crippen molar-refractivity contribution < 1.29 is 34.8 Å².